The van der Waals surface area contributed by atoms with E-state index in [2.05, 4.69) is 10.1 Å². The average molecular weight is 273 g/mol. The lowest BCUT2D eigenvalue weighted by Gasteiger charge is -2.07. The molecule has 0 unspecified atom stereocenters. The lowest BCUT2D eigenvalue weighted by atomic mass is 10.1. The molecule has 1 N–H and O–H groups in total. The minimum Gasteiger partial charge on any atom is -0.458 e. The van der Waals surface area contributed by atoms with Gasteiger partial charge in [-0.1, -0.05) is 18.2 Å². The van der Waals surface area contributed by atoms with Crippen molar-refractivity contribution in [3.05, 3.63) is 35.6 Å². The van der Waals surface area contributed by atoms with E-state index in [0.29, 0.717) is 17.9 Å². The normalized spacial score (nSPS) is 12.2. The summed E-state index contributed by atoms with van der Waals surface area (Å²) in [4.78, 5) is 0. The van der Waals surface area contributed by atoms with Crippen molar-refractivity contribution in [2.24, 2.45) is 0 Å². The maximum Gasteiger partial charge on any atom is 0.411 e. The number of rotatable bonds is 5. The maximum atomic E-state index is 12.0. The van der Waals surface area contributed by atoms with E-state index in [1.54, 1.807) is 13.1 Å². The van der Waals surface area contributed by atoms with Crippen molar-refractivity contribution in [2.45, 2.75) is 19.3 Å². The van der Waals surface area contributed by atoms with Crippen LogP contribution in [-0.2, 0) is 17.9 Å². The van der Waals surface area contributed by atoms with E-state index in [4.69, 9.17) is 4.42 Å². The zero-order chi connectivity index (χ0) is 13.9. The van der Waals surface area contributed by atoms with Crippen LogP contribution in [-0.4, -0.2) is 19.8 Å². The first kappa shape index (κ1) is 13.9. The van der Waals surface area contributed by atoms with Gasteiger partial charge in [0.15, 0.2) is 0 Å². The van der Waals surface area contributed by atoms with Crippen molar-refractivity contribution >= 4 is 11.0 Å². The Morgan fingerprint density at radius 1 is 1.26 bits per heavy atom. The number of para-hydroxylation sites is 1. The Balaban J connectivity index is 2.19. The van der Waals surface area contributed by atoms with Crippen LogP contribution in [0.25, 0.3) is 11.0 Å². The predicted molar refractivity (Wildman–Crippen MR) is 64.7 cm³/mol. The molecular weight excluding hydrogens is 259 g/mol. The van der Waals surface area contributed by atoms with Crippen molar-refractivity contribution in [2.75, 3.05) is 13.7 Å². The van der Waals surface area contributed by atoms with Gasteiger partial charge in [-0.3, -0.25) is 0 Å². The molecule has 0 fully saturated rings. The van der Waals surface area contributed by atoms with Gasteiger partial charge in [0.1, 0.15) is 24.6 Å². The van der Waals surface area contributed by atoms with Gasteiger partial charge in [0.2, 0.25) is 0 Å². The van der Waals surface area contributed by atoms with E-state index >= 15 is 0 Å². The molecule has 0 aliphatic heterocycles. The lowest BCUT2D eigenvalue weighted by Crippen LogP contribution is -2.17. The van der Waals surface area contributed by atoms with E-state index in [1.165, 1.54) is 0 Å². The van der Waals surface area contributed by atoms with Crippen molar-refractivity contribution in [1.82, 2.24) is 5.32 Å². The first-order chi connectivity index (χ1) is 9.01. The van der Waals surface area contributed by atoms with Crippen LogP contribution in [0.4, 0.5) is 13.2 Å². The van der Waals surface area contributed by atoms with Crippen LogP contribution in [0, 0.1) is 0 Å². The van der Waals surface area contributed by atoms with Crippen molar-refractivity contribution < 1.29 is 22.3 Å². The fourth-order valence-electron chi connectivity index (χ4n) is 1.90. The summed E-state index contributed by atoms with van der Waals surface area (Å²) in [5.74, 6) is 0.430. The topological polar surface area (TPSA) is 34.4 Å². The quantitative estimate of drug-likeness (QED) is 0.908. The summed E-state index contributed by atoms with van der Waals surface area (Å²) < 4.78 is 46.3. The molecule has 0 saturated heterocycles. The van der Waals surface area contributed by atoms with Gasteiger partial charge in [0, 0.05) is 17.5 Å². The second-order valence-electron chi connectivity index (χ2n) is 4.14. The number of furan rings is 1. The van der Waals surface area contributed by atoms with Gasteiger partial charge >= 0.3 is 6.18 Å². The largest absolute Gasteiger partial charge is 0.458 e. The SMILES string of the molecule is CNCc1c(COCC(F)(F)F)oc2ccccc12. The highest BCUT2D eigenvalue weighted by Crippen LogP contribution is 2.27. The Bertz CT molecular complexity index is 548. The van der Waals surface area contributed by atoms with Gasteiger partial charge in [-0.15, -0.1) is 0 Å². The first-order valence-electron chi connectivity index (χ1n) is 5.79. The second kappa shape index (κ2) is 5.63. The number of benzene rings is 1. The predicted octanol–water partition coefficient (Wildman–Crippen LogP) is 3.23. The molecule has 104 valence electrons. The van der Waals surface area contributed by atoms with Crippen molar-refractivity contribution in [3.8, 4) is 0 Å². The molecule has 0 amide bonds. The summed E-state index contributed by atoms with van der Waals surface area (Å²) in [6, 6.07) is 7.33. The highest BCUT2D eigenvalue weighted by molar-refractivity contribution is 5.82. The van der Waals surface area contributed by atoms with Crippen molar-refractivity contribution in [3.63, 3.8) is 0 Å². The molecule has 3 nitrogen and oxygen atoms in total. The Hall–Kier alpha value is -1.53. The molecular formula is C13H14F3NO2. The van der Waals surface area contributed by atoms with Crippen LogP contribution in [0.15, 0.2) is 28.7 Å². The Kier molecular flexibility index (Phi) is 4.11. The van der Waals surface area contributed by atoms with E-state index < -0.39 is 12.8 Å². The van der Waals surface area contributed by atoms with Gasteiger partial charge in [-0.05, 0) is 13.1 Å². The maximum absolute atomic E-state index is 12.0. The number of hydrogen-bond acceptors (Lipinski definition) is 3. The van der Waals surface area contributed by atoms with Crippen LogP contribution >= 0.6 is 0 Å². The number of halogens is 3. The molecule has 0 radical (unpaired) electrons. The molecule has 2 rings (SSSR count). The van der Waals surface area contributed by atoms with Gasteiger partial charge in [0.05, 0.1) is 0 Å². The molecule has 0 spiro atoms. The molecule has 1 aromatic carbocycles. The number of fused-ring (bicyclic) bond motifs is 1. The minimum absolute atomic E-state index is 0.189. The van der Waals surface area contributed by atoms with Gasteiger partial charge in [-0.25, -0.2) is 0 Å². The standard InChI is InChI=1S/C13H14F3NO2/c1-17-6-10-9-4-2-3-5-11(9)19-12(10)7-18-8-13(14,15)16/h2-5,17H,6-8H2,1H3. The monoisotopic (exact) mass is 273 g/mol. The van der Waals surface area contributed by atoms with Crippen LogP contribution < -0.4 is 5.32 Å². The summed E-state index contributed by atoms with van der Waals surface area (Å²) in [6.07, 6.45) is -4.32. The third-order valence-corrected chi connectivity index (χ3v) is 2.63. The molecule has 0 bridgehead atoms. The van der Waals surface area contributed by atoms with E-state index in [9.17, 15) is 13.2 Å². The third kappa shape index (κ3) is 3.48. The third-order valence-electron chi connectivity index (χ3n) is 2.63. The fraction of sp³-hybridized carbons (Fsp3) is 0.385. The highest BCUT2D eigenvalue weighted by atomic mass is 19.4. The lowest BCUT2D eigenvalue weighted by molar-refractivity contribution is -0.177. The zero-order valence-electron chi connectivity index (χ0n) is 10.4. The molecule has 0 atom stereocenters. The van der Waals surface area contributed by atoms with Gasteiger partial charge < -0.3 is 14.5 Å². The Morgan fingerprint density at radius 3 is 2.68 bits per heavy atom. The molecule has 0 aliphatic rings. The average Bonchev–Trinajstić information content (AvgIpc) is 2.67. The van der Waals surface area contributed by atoms with Gasteiger partial charge in [0.25, 0.3) is 0 Å². The number of alkyl halides is 3. The summed E-state index contributed by atoms with van der Waals surface area (Å²) >= 11 is 0. The van der Waals surface area contributed by atoms with E-state index in [-0.39, 0.29) is 6.61 Å². The van der Waals surface area contributed by atoms with Crippen LogP contribution in [0.2, 0.25) is 0 Å². The van der Waals surface area contributed by atoms with Crippen molar-refractivity contribution in [1.29, 1.82) is 0 Å². The fourth-order valence-corrected chi connectivity index (χ4v) is 1.90. The summed E-state index contributed by atoms with van der Waals surface area (Å²) in [5, 5.41) is 3.86. The van der Waals surface area contributed by atoms with Crippen LogP contribution in [0.3, 0.4) is 0 Å². The molecule has 2 aromatic rings. The van der Waals surface area contributed by atoms with Crippen LogP contribution in [0.1, 0.15) is 11.3 Å². The highest BCUT2D eigenvalue weighted by Gasteiger charge is 2.28. The first-order valence-corrected chi connectivity index (χ1v) is 5.79. The molecule has 0 aliphatic carbocycles. The number of nitrogens with one attached hydrogen (secondary N) is 1. The molecule has 6 heteroatoms. The summed E-state index contributed by atoms with van der Waals surface area (Å²) in [7, 11) is 1.77. The Labute approximate surface area is 108 Å². The smallest absolute Gasteiger partial charge is 0.411 e. The molecule has 19 heavy (non-hydrogen) atoms. The van der Waals surface area contributed by atoms with Crippen LogP contribution in [0.5, 0.6) is 0 Å². The van der Waals surface area contributed by atoms with E-state index in [0.717, 1.165) is 10.9 Å². The molecule has 0 saturated carbocycles. The van der Waals surface area contributed by atoms with E-state index in [1.807, 2.05) is 18.2 Å². The minimum atomic E-state index is -4.32. The summed E-state index contributed by atoms with van der Waals surface area (Å²) in [6.45, 7) is -0.948. The molecule has 1 aromatic heterocycles. The summed E-state index contributed by atoms with van der Waals surface area (Å²) in [5.41, 5.74) is 1.48. The zero-order valence-corrected chi connectivity index (χ0v) is 10.4. The molecule has 1 heterocycles. The second-order valence-corrected chi connectivity index (χ2v) is 4.14. The number of hydrogen-bond donors (Lipinski definition) is 1. The Morgan fingerprint density at radius 2 is 2.00 bits per heavy atom. The number of ether oxygens (including phenoxy) is 1. The van der Waals surface area contributed by atoms with Gasteiger partial charge in [-0.2, -0.15) is 13.2 Å².